The highest BCUT2D eigenvalue weighted by atomic mass is 35.5. The fraction of sp³-hybridized carbons (Fsp3) is 0.0476. The van der Waals surface area contributed by atoms with Gasteiger partial charge in [0.1, 0.15) is 0 Å². The van der Waals surface area contributed by atoms with Gasteiger partial charge in [-0.2, -0.15) is 0 Å². The predicted octanol–water partition coefficient (Wildman–Crippen LogP) is 5.47. The van der Waals surface area contributed by atoms with Gasteiger partial charge < -0.3 is 10.6 Å². The molecule has 0 atom stereocenters. The normalized spacial score (nSPS) is 10.6. The Morgan fingerprint density at radius 3 is 2.55 bits per heavy atom. The smallest absolute Gasteiger partial charge is 0.265 e. The van der Waals surface area contributed by atoms with Crippen LogP contribution in [-0.2, 0) is 4.79 Å². The van der Waals surface area contributed by atoms with Gasteiger partial charge in [0, 0.05) is 18.2 Å². The van der Waals surface area contributed by atoms with Gasteiger partial charge in [0.25, 0.3) is 11.8 Å². The van der Waals surface area contributed by atoms with Crippen molar-refractivity contribution in [1.29, 1.82) is 0 Å². The second-order valence-electron chi connectivity index (χ2n) is 6.46. The quantitative estimate of drug-likeness (QED) is 0.360. The molecule has 3 amide bonds. The molecule has 0 radical (unpaired) electrons. The lowest BCUT2D eigenvalue weighted by atomic mass is 10.2. The average Bonchev–Trinajstić information content (AvgIpc) is 3.38. The van der Waals surface area contributed by atoms with Crippen LogP contribution in [0, 0.1) is 0 Å². The van der Waals surface area contributed by atoms with Crippen LogP contribution in [0.5, 0.6) is 0 Å². The summed E-state index contributed by atoms with van der Waals surface area (Å²) in [4.78, 5) is 41.2. The highest BCUT2D eigenvalue weighted by molar-refractivity contribution is 7.22. The molecule has 156 valence electrons. The summed E-state index contributed by atoms with van der Waals surface area (Å²) in [7, 11) is 0. The molecule has 4 rings (SSSR count). The largest absolute Gasteiger partial charge is 0.326 e. The van der Waals surface area contributed by atoms with Crippen molar-refractivity contribution in [3.63, 3.8) is 0 Å². The molecule has 4 aromatic rings. The van der Waals surface area contributed by atoms with Crippen LogP contribution in [0.15, 0.2) is 53.9 Å². The molecule has 2 aromatic heterocycles. The van der Waals surface area contributed by atoms with Crippen LogP contribution in [0.3, 0.4) is 0 Å². The maximum atomic E-state index is 12.7. The van der Waals surface area contributed by atoms with Gasteiger partial charge in [-0.3, -0.25) is 19.7 Å². The van der Waals surface area contributed by atoms with Crippen LogP contribution < -0.4 is 16.0 Å². The Morgan fingerprint density at radius 2 is 1.81 bits per heavy atom. The standard InChI is InChI=1S/C21H15ClN4O3S2/c1-11(27)23-13-5-7-15-18(10-13)31-21(25-15)26-19(28)12-4-6-14(22)16(9-12)24-20(29)17-3-2-8-30-17/h2-10H,1H3,(H,23,27)(H,24,29)(H,25,26,28). The molecular weight excluding hydrogens is 456 g/mol. The summed E-state index contributed by atoms with van der Waals surface area (Å²) in [6.07, 6.45) is 0. The molecule has 7 nitrogen and oxygen atoms in total. The number of rotatable bonds is 5. The SMILES string of the molecule is CC(=O)Nc1ccc2nc(NC(=O)c3ccc(Cl)c(NC(=O)c4cccs4)c3)sc2c1. The maximum Gasteiger partial charge on any atom is 0.265 e. The number of thiazole rings is 1. The number of hydrogen-bond acceptors (Lipinski definition) is 6. The van der Waals surface area contributed by atoms with Gasteiger partial charge in [-0.05, 0) is 47.8 Å². The molecule has 0 aliphatic heterocycles. The van der Waals surface area contributed by atoms with E-state index >= 15 is 0 Å². The minimum Gasteiger partial charge on any atom is -0.326 e. The number of anilines is 3. The van der Waals surface area contributed by atoms with Crippen LogP contribution in [0.2, 0.25) is 5.02 Å². The van der Waals surface area contributed by atoms with Crippen molar-refractivity contribution in [2.24, 2.45) is 0 Å². The summed E-state index contributed by atoms with van der Waals surface area (Å²) >= 11 is 8.79. The predicted molar refractivity (Wildman–Crippen MR) is 126 cm³/mol. The van der Waals surface area contributed by atoms with Crippen LogP contribution >= 0.6 is 34.3 Å². The van der Waals surface area contributed by atoms with E-state index in [1.807, 2.05) is 0 Å². The first-order valence-electron chi connectivity index (χ1n) is 9.03. The number of halogens is 1. The highest BCUT2D eigenvalue weighted by Gasteiger charge is 2.15. The molecule has 0 saturated carbocycles. The third-order valence-corrected chi connectivity index (χ3v) is 6.28. The zero-order valence-electron chi connectivity index (χ0n) is 16.1. The van der Waals surface area contributed by atoms with Crippen molar-refractivity contribution in [2.75, 3.05) is 16.0 Å². The third kappa shape index (κ3) is 4.91. The molecule has 0 aliphatic rings. The Labute approximate surface area is 190 Å². The minimum absolute atomic E-state index is 0.165. The zero-order chi connectivity index (χ0) is 22.0. The Kier molecular flexibility index (Phi) is 5.99. The van der Waals surface area contributed by atoms with Crippen LogP contribution in [-0.4, -0.2) is 22.7 Å². The minimum atomic E-state index is -0.385. The summed E-state index contributed by atoms with van der Waals surface area (Å²) in [5, 5.41) is 10.8. The van der Waals surface area contributed by atoms with E-state index < -0.39 is 0 Å². The summed E-state index contributed by atoms with van der Waals surface area (Å²) in [5.41, 5.74) is 2.03. The van der Waals surface area contributed by atoms with Crippen molar-refractivity contribution in [3.05, 3.63) is 69.4 Å². The van der Waals surface area contributed by atoms with Crippen LogP contribution in [0.25, 0.3) is 10.2 Å². The highest BCUT2D eigenvalue weighted by Crippen LogP contribution is 2.29. The van der Waals surface area contributed by atoms with E-state index in [1.54, 1.807) is 47.8 Å². The molecule has 0 aliphatic carbocycles. The molecule has 0 fully saturated rings. The van der Waals surface area contributed by atoms with E-state index in [1.165, 1.54) is 35.7 Å². The van der Waals surface area contributed by atoms with E-state index in [0.29, 0.717) is 37.5 Å². The number of carbonyl (C=O) groups excluding carboxylic acids is 3. The van der Waals surface area contributed by atoms with Crippen molar-refractivity contribution in [1.82, 2.24) is 4.98 Å². The average molecular weight is 471 g/mol. The molecule has 10 heteroatoms. The van der Waals surface area contributed by atoms with E-state index in [9.17, 15) is 14.4 Å². The van der Waals surface area contributed by atoms with Gasteiger partial charge in [0.2, 0.25) is 5.91 Å². The fourth-order valence-electron chi connectivity index (χ4n) is 2.78. The molecule has 2 aromatic carbocycles. The van der Waals surface area contributed by atoms with Gasteiger partial charge in [-0.1, -0.05) is 29.0 Å². The number of nitrogens with zero attached hydrogens (tertiary/aromatic N) is 1. The third-order valence-electron chi connectivity index (χ3n) is 4.15. The summed E-state index contributed by atoms with van der Waals surface area (Å²) in [5.74, 6) is -0.845. The Hall–Kier alpha value is -3.27. The maximum absolute atomic E-state index is 12.7. The molecule has 31 heavy (non-hydrogen) atoms. The first-order valence-corrected chi connectivity index (χ1v) is 11.1. The number of thiophene rings is 1. The van der Waals surface area contributed by atoms with E-state index in [-0.39, 0.29) is 17.7 Å². The summed E-state index contributed by atoms with van der Waals surface area (Å²) in [6, 6.07) is 13.4. The number of benzene rings is 2. The molecule has 0 saturated heterocycles. The van der Waals surface area contributed by atoms with E-state index in [2.05, 4.69) is 20.9 Å². The van der Waals surface area contributed by atoms with Crippen LogP contribution in [0.4, 0.5) is 16.5 Å². The van der Waals surface area contributed by atoms with Gasteiger partial charge >= 0.3 is 0 Å². The van der Waals surface area contributed by atoms with Crippen LogP contribution in [0.1, 0.15) is 27.0 Å². The molecule has 0 spiro atoms. The van der Waals surface area contributed by atoms with Gasteiger partial charge in [0.15, 0.2) is 5.13 Å². The Morgan fingerprint density at radius 1 is 0.968 bits per heavy atom. The lowest BCUT2D eigenvalue weighted by Gasteiger charge is -2.08. The topological polar surface area (TPSA) is 100 Å². The number of fused-ring (bicyclic) bond motifs is 1. The number of carbonyl (C=O) groups is 3. The first-order chi connectivity index (χ1) is 14.9. The first kappa shape index (κ1) is 21.0. The van der Waals surface area contributed by atoms with E-state index in [4.69, 9.17) is 11.6 Å². The van der Waals surface area contributed by atoms with Gasteiger partial charge in [-0.15, -0.1) is 11.3 Å². The second-order valence-corrected chi connectivity index (χ2v) is 8.85. The molecule has 2 heterocycles. The summed E-state index contributed by atoms with van der Waals surface area (Å²) in [6.45, 7) is 1.44. The molecule has 3 N–H and O–H groups in total. The van der Waals surface area contributed by atoms with Gasteiger partial charge in [-0.25, -0.2) is 4.98 Å². The number of nitrogens with one attached hydrogen (secondary N) is 3. The van der Waals surface area contributed by atoms with Crippen molar-refractivity contribution in [2.45, 2.75) is 6.92 Å². The Balaban J connectivity index is 1.51. The monoisotopic (exact) mass is 470 g/mol. The molecule has 0 bridgehead atoms. The molecule has 0 unspecified atom stereocenters. The fourth-order valence-corrected chi connectivity index (χ4v) is 4.47. The lowest BCUT2D eigenvalue weighted by molar-refractivity contribution is -0.114. The Bertz CT molecular complexity index is 1300. The van der Waals surface area contributed by atoms with Crippen molar-refractivity contribution >= 4 is 78.7 Å². The number of amides is 3. The van der Waals surface area contributed by atoms with Crippen molar-refractivity contribution in [3.8, 4) is 0 Å². The zero-order valence-corrected chi connectivity index (χ0v) is 18.5. The van der Waals surface area contributed by atoms with E-state index in [0.717, 1.165) is 4.70 Å². The van der Waals surface area contributed by atoms with Crippen molar-refractivity contribution < 1.29 is 14.4 Å². The van der Waals surface area contributed by atoms with Gasteiger partial charge in [0.05, 0.1) is 25.8 Å². The lowest BCUT2D eigenvalue weighted by Crippen LogP contribution is -2.14. The molecular formula is C21H15ClN4O3S2. The summed E-state index contributed by atoms with van der Waals surface area (Å²) < 4.78 is 0.821. The number of hydrogen-bond donors (Lipinski definition) is 3. The second kappa shape index (κ2) is 8.84. The number of aromatic nitrogens is 1.